The Morgan fingerprint density at radius 3 is 2.28 bits per heavy atom. The highest BCUT2D eigenvalue weighted by molar-refractivity contribution is 7.92. The zero-order chi connectivity index (χ0) is 20.9. The summed E-state index contributed by atoms with van der Waals surface area (Å²) < 4.78 is 24.8. The third kappa shape index (κ3) is 5.81. The van der Waals surface area contributed by atoms with Crippen LogP contribution in [0.25, 0.3) is 0 Å². The first kappa shape index (κ1) is 21.3. The molecule has 1 aliphatic heterocycles. The van der Waals surface area contributed by atoms with Gasteiger partial charge in [-0.3, -0.25) is 14.0 Å². The Balaban J connectivity index is 1.61. The van der Waals surface area contributed by atoms with Gasteiger partial charge in [-0.25, -0.2) is 8.42 Å². The van der Waals surface area contributed by atoms with Crippen LogP contribution >= 0.6 is 0 Å². The molecule has 0 aromatic heterocycles. The molecular formula is C22H29N3O3S. The standard InChI is InChI=1S/C22H29N3O3S/c1-24(29(2,27)28)21-9-5-4-8-20(21)22(26)23-16-18-10-12-19(13-11-18)17-25-14-6-3-7-15-25/h4-5,8-13H,3,6-7,14-17H2,1-2H3,(H,23,26). The lowest BCUT2D eigenvalue weighted by atomic mass is 10.1. The molecule has 6 nitrogen and oxygen atoms in total. The number of benzene rings is 2. The van der Waals surface area contributed by atoms with Gasteiger partial charge in [0, 0.05) is 20.1 Å². The highest BCUT2D eigenvalue weighted by Gasteiger charge is 2.19. The minimum Gasteiger partial charge on any atom is -0.348 e. The molecule has 0 spiro atoms. The number of sulfonamides is 1. The first-order valence-corrected chi connectivity index (χ1v) is 11.8. The van der Waals surface area contributed by atoms with Gasteiger partial charge < -0.3 is 5.32 Å². The summed E-state index contributed by atoms with van der Waals surface area (Å²) in [5.41, 5.74) is 2.99. The summed E-state index contributed by atoms with van der Waals surface area (Å²) in [5, 5.41) is 2.89. The van der Waals surface area contributed by atoms with Crippen LogP contribution in [0.15, 0.2) is 48.5 Å². The van der Waals surface area contributed by atoms with Gasteiger partial charge in [0.2, 0.25) is 10.0 Å². The highest BCUT2D eigenvalue weighted by Crippen LogP contribution is 2.21. The number of nitrogens with one attached hydrogen (secondary N) is 1. The largest absolute Gasteiger partial charge is 0.348 e. The number of piperidine rings is 1. The third-order valence-electron chi connectivity index (χ3n) is 5.32. The molecular weight excluding hydrogens is 386 g/mol. The van der Waals surface area contributed by atoms with Crippen molar-refractivity contribution >= 4 is 21.6 Å². The predicted molar refractivity (Wildman–Crippen MR) is 116 cm³/mol. The van der Waals surface area contributed by atoms with Gasteiger partial charge >= 0.3 is 0 Å². The number of anilines is 1. The van der Waals surface area contributed by atoms with Gasteiger partial charge in [0.1, 0.15) is 0 Å². The van der Waals surface area contributed by atoms with Crippen molar-refractivity contribution in [2.45, 2.75) is 32.4 Å². The lowest BCUT2D eigenvalue weighted by Gasteiger charge is -2.26. The maximum absolute atomic E-state index is 12.7. The Labute approximate surface area is 173 Å². The number of amides is 1. The number of likely N-dealkylation sites (tertiary alicyclic amines) is 1. The molecule has 3 rings (SSSR count). The van der Waals surface area contributed by atoms with E-state index in [0.717, 1.165) is 22.7 Å². The lowest BCUT2D eigenvalue weighted by Crippen LogP contribution is -2.30. The van der Waals surface area contributed by atoms with Crippen molar-refractivity contribution in [3.8, 4) is 0 Å². The maximum Gasteiger partial charge on any atom is 0.253 e. The van der Waals surface area contributed by atoms with E-state index < -0.39 is 10.0 Å². The van der Waals surface area contributed by atoms with Gasteiger partial charge in [-0.2, -0.15) is 0 Å². The van der Waals surface area contributed by atoms with Gasteiger partial charge in [-0.15, -0.1) is 0 Å². The van der Waals surface area contributed by atoms with Crippen LogP contribution in [-0.4, -0.2) is 45.6 Å². The van der Waals surface area contributed by atoms with E-state index in [-0.39, 0.29) is 5.91 Å². The fraction of sp³-hybridized carbons (Fsp3) is 0.409. The molecule has 7 heteroatoms. The molecule has 1 saturated heterocycles. The Morgan fingerprint density at radius 1 is 1.00 bits per heavy atom. The molecule has 2 aromatic rings. The molecule has 1 heterocycles. The zero-order valence-corrected chi connectivity index (χ0v) is 17.9. The van der Waals surface area contributed by atoms with E-state index in [0.29, 0.717) is 17.8 Å². The number of para-hydroxylation sites is 1. The summed E-state index contributed by atoms with van der Waals surface area (Å²) in [6.07, 6.45) is 5.01. The Hall–Kier alpha value is -2.38. The fourth-order valence-electron chi connectivity index (χ4n) is 3.53. The van der Waals surface area contributed by atoms with E-state index in [1.165, 1.54) is 45.0 Å². The first-order chi connectivity index (χ1) is 13.8. The van der Waals surface area contributed by atoms with Gasteiger partial charge in [0.05, 0.1) is 17.5 Å². The number of carbonyl (C=O) groups is 1. The Kier molecular flexibility index (Phi) is 6.92. The van der Waals surface area contributed by atoms with Crippen molar-refractivity contribution in [2.75, 3.05) is 30.7 Å². The summed E-state index contributed by atoms with van der Waals surface area (Å²) >= 11 is 0. The van der Waals surface area contributed by atoms with Crippen molar-refractivity contribution in [3.63, 3.8) is 0 Å². The van der Waals surface area contributed by atoms with Crippen LogP contribution in [-0.2, 0) is 23.1 Å². The molecule has 0 unspecified atom stereocenters. The topological polar surface area (TPSA) is 69.7 Å². The van der Waals surface area contributed by atoms with Crippen LogP contribution < -0.4 is 9.62 Å². The summed E-state index contributed by atoms with van der Waals surface area (Å²) in [7, 11) is -2.00. The van der Waals surface area contributed by atoms with E-state index in [1.54, 1.807) is 24.3 Å². The molecule has 0 atom stereocenters. The van der Waals surface area contributed by atoms with Crippen molar-refractivity contribution in [2.24, 2.45) is 0 Å². The van der Waals surface area contributed by atoms with Crippen LogP contribution in [0, 0.1) is 0 Å². The molecule has 1 fully saturated rings. The number of carbonyl (C=O) groups excluding carboxylic acids is 1. The van der Waals surface area contributed by atoms with Crippen LogP contribution in [0.3, 0.4) is 0 Å². The summed E-state index contributed by atoms with van der Waals surface area (Å²) in [6, 6.07) is 15.0. The summed E-state index contributed by atoms with van der Waals surface area (Å²) in [4.78, 5) is 15.1. The number of hydrogen-bond donors (Lipinski definition) is 1. The van der Waals surface area contributed by atoms with Crippen LogP contribution in [0.4, 0.5) is 5.69 Å². The molecule has 29 heavy (non-hydrogen) atoms. The predicted octanol–water partition coefficient (Wildman–Crippen LogP) is 3.00. The van der Waals surface area contributed by atoms with Crippen LogP contribution in [0.2, 0.25) is 0 Å². The molecule has 0 saturated carbocycles. The molecule has 0 radical (unpaired) electrons. The monoisotopic (exact) mass is 415 g/mol. The van der Waals surface area contributed by atoms with Gasteiger partial charge in [-0.05, 0) is 49.2 Å². The molecule has 1 N–H and O–H groups in total. The Morgan fingerprint density at radius 2 is 1.62 bits per heavy atom. The van der Waals surface area contributed by atoms with Crippen molar-refractivity contribution in [3.05, 3.63) is 65.2 Å². The minimum absolute atomic E-state index is 0.298. The maximum atomic E-state index is 12.7. The molecule has 2 aromatic carbocycles. The van der Waals surface area contributed by atoms with E-state index in [2.05, 4.69) is 22.3 Å². The van der Waals surface area contributed by atoms with E-state index >= 15 is 0 Å². The van der Waals surface area contributed by atoms with Crippen molar-refractivity contribution in [1.82, 2.24) is 10.2 Å². The summed E-state index contributed by atoms with van der Waals surface area (Å²) in [5.74, 6) is -0.298. The second-order valence-electron chi connectivity index (χ2n) is 7.58. The summed E-state index contributed by atoms with van der Waals surface area (Å²) in [6.45, 7) is 3.69. The van der Waals surface area contributed by atoms with E-state index in [1.807, 2.05) is 12.1 Å². The van der Waals surface area contributed by atoms with Crippen LogP contribution in [0.5, 0.6) is 0 Å². The zero-order valence-electron chi connectivity index (χ0n) is 17.1. The quantitative estimate of drug-likeness (QED) is 0.755. The van der Waals surface area contributed by atoms with Gasteiger partial charge in [0.15, 0.2) is 0 Å². The average Bonchev–Trinajstić information content (AvgIpc) is 2.72. The second kappa shape index (κ2) is 9.41. The molecule has 1 aliphatic rings. The van der Waals surface area contributed by atoms with Crippen molar-refractivity contribution in [1.29, 1.82) is 0 Å². The minimum atomic E-state index is -3.45. The first-order valence-electron chi connectivity index (χ1n) is 9.96. The molecule has 0 bridgehead atoms. The highest BCUT2D eigenvalue weighted by atomic mass is 32.2. The lowest BCUT2D eigenvalue weighted by molar-refractivity contribution is 0.0951. The SMILES string of the molecule is CN(c1ccccc1C(=O)NCc1ccc(CN2CCCCC2)cc1)S(C)(=O)=O. The van der Waals surface area contributed by atoms with Gasteiger partial charge in [-0.1, -0.05) is 42.8 Å². The average molecular weight is 416 g/mol. The number of rotatable bonds is 7. The Bertz CT molecular complexity index is 936. The second-order valence-corrected chi connectivity index (χ2v) is 9.60. The van der Waals surface area contributed by atoms with Crippen molar-refractivity contribution < 1.29 is 13.2 Å². The third-order valence-corrected chi connectivity index (χ3v) is 6.51. The van der Waals surface area contributed by atoms with Gasteiger partial charge in [0.25, 0.3) is 5.91 Å². The number of hydrogen-bond acceptors (Lipinski definition) is 4. The normalized spacial score (nSPS) is 15.1. The molecule has 1 amide bonds. The number of nitrogens with zero attached hydrogens (tertiary/aromatic N) is 2. The van der Waals surface area contributed by atoms with E-state index in [4.69, 9.17) is 0 Å². The smallest absolute Gasteiger partial charge is 0.253 e. The molecule has 0 aliphatic carbocycles. The molecule has 156 valence electrons. The van der Waals surface area contributed by atoms with E-state index in [9.17, 15) is 13.2 Å². The van der Waals surface area contributed by atoms with Crippen LogP contribution in [0.1, 0.15) is 40.7 Å². The fourth-order valence-corrected chi connectivity index (χ4v) is 4.05.